The first-order valence-electron chi connectivity index (χ1n) is 8.64. The molecule has 0 fully saturated rings. The van der Waals surface area contributed by atoms with Crippen LogP contribution in [0.4, 0.5) is 0 Å². The molecular weight excluding hydrogens is 300 g/mol. The molecule has 0 heteroatoms. The summed E-state index contributed by atoms with van der Waals surface area (Å²) in [5.74, 6) is 0. The summed E-state index contributed by atoms with van der Waals surface area (Å²) in [5, 5.41) is 2.61. The van der Waals surface area contributed by atoms with Crippen molar-refractivity contribution in [3.05, 3.63) is 108 Å². The molecule has 25 heavy (non-hydrogen) atoms. The lowest BCUT2D eigenvalue weighted by Crippen LogP contribution is -1.89. The van der Waals surface area contributed by atoms with Gasteiger partial charge in [-0.1, -0.05) is 103 Å². The summed E-state index contributed by atoms with van der Waals surface area (Å²) >= 11 is 0. The van der Waals surface area contributed by atoms with Gasteiger partial charge in [-0.05, 0) is 45.5 Å². The molecular formula is C25H20. The van der Waals surface area contributed by atoms with E-state index in [0.29, 0.717) is 0 Å². The Labute approximate surface area is 149 Å². The van der Waals surface area contributed by atoms with Crippen LogP contribution in [0.15, 0.2) is 91.0 Å². The summed E-state index contributed by atoms with van der Waals surface area (Å²) < 4.78 is 0. The molecule has 0 aromatic heterocycles. The molecule has 4 aromatic rings. The fourth-order valence-electron chi connectivity index (χ4n) is 3.36. The van der Waals surface area contributed by atoms with Crippen molar-refractivity contribution in [2.45, 2.75) is 6.92 Å². The van der Waals surface area contributed by atoms with Gasteiger partial charge in [-0.15, -0.1) is 0 Å². The minimum Gasteiger partial charge on any atom is -0.0622 e. The first kappa shape index (κ1) is 15.4. The molecule has 0 aliphatic rings. The van der Waals surface area contributed by atoms with Crippen molar-refractivity contribution in [1.29, 1.82) is 0 Å². The van der Waals surface area contributed by atoms with Crippen LogP contribution < -0.4 is 0 Å². The smallest absolute Gasteiger partial charge is 0.00990 e. The van der Waals surface area contributed by atoms with Crippen LogP contribution in [-0.4, -0.2) is 0 Å². The van der Waals surface area contributed by atoms with E-state index in [0.717, 1.165) is 0 Å². The minimum atomic E-state index is 1.21. The number of hydrogen-bond acceptors (Lipinski definition) is 0. The predicted octanol–water partition coefficient (Wildman–Crippen LogP) is 6.99. The summed E-state index contributed by atoms with van der Waals surface area (Å²) in [5.41, 5.74) is 6.33. The van der Waals surface area contributed by atoms with Crippen LogP contribution >= 0.6 is 0 Å². The lowest BCUT2D eigenvalue weighted by Gasteiger charge is -2.13. The Bertz CT molecular complexity index is 1030. The lowest BCUT2D eigenvalue weighted by atomic mass is 9.91. The van der Waals surface area contributed by atoms with Gasteiger partial charge in [0.05, 0.1) is 0 Å². The Kier molecular flexibility index (Phi) is 4.18. The van der Waals surface area contributed by atoms with Crippen molar-refractivity contribution in [2.75, 3.05) is 0 Å². The van der Waals surface area contributed by atoms with E-state index in [1.165, 1.54) is 38.6 Å². The monoisotopic (exact) mass is 320 g/mol. The third-order valence-electron chi connectivity index (χ3n) is 4.62. The van der Waals surface area contributed by atoms with E-state index in [2.05, 4.69) is 104 Å². The average molecular weight is 320 g/mol. The lowest BCUT2D eigenvalue weighted by molar-refractivity contribution is 1.51. The van der Waals surface area contributed by atoms with E-state index in [-0.39, 0.29) is 0 Å². The largest absolute Gasteiger partial charge is 0.0622 e. The molecule has 4 aromatic carbocycles. The number of fused-ring (bicyclic) bond motifs is 1. The molecule has 0 radical (unpaired) electrons. The molecule has 0 heterocycles. The maximum Gasteiger partial charge on any atom is -0.00990 e. The summed E-state index contributed by atoms with van der Waals surface area (Å²) in [4.78, 5) is 0. The third kappa shape index (κ3) is 3.12. The Balaban J connectivity index is 1.96. The Morgan fingerprint density at radius 3 is 1.92 bits per heavy atom. The molecule has 0 saturated heterocycles. The van der Waals surface area contributed by atoms with Gasteiger partial charge < -0.3 is 0 Å². The van der Waals surface area contributed by atoms with Crippen LogP contribution in [0, 0.1) is 6.92 Å². The van der Waals surface area contributed by atoms with Gasteiger partial charge in [0.15, 0.2) is 0 Å². The van der Waals surface area contributed by atoms with Crippen LogP contribution in [0.1, 0.15) is 16.7 Å². The number of aryl methyl sites for hydroxylation is 1. The fourth-order valence-corrected chi connectivity index (χ4v) is 3.36. The average Bonchev–Trinajstić information content (AvgIpc) is 2.69. The summed E-state index contributed by atoms with van der Waals surface area (Å²) in [6.45, 7) is 2.19. The van der Waals surface area contributed by atoms with Crippen LogP contribution in [0.3, 0.4) is 0 Å². The third-order valence-corrected chi connectivity index (χ3v) is 4.62. The second-order valence-corrected chi connectivity index (χ2v) is 6.31. The Morgan fingerprint density at radius 1 is 0.600 bits per heavy atom. The molecule has 4 rings (SSSR count). The van der Waals surface area contributed by atoms with Crippen LogP contribution in [0.2, 0.25) is 0 Å². The number of benzene rings is 4. The molecule has 0 unspecified atom stereocenters. The van der Waals surface area contributed by atoms with Gasteiger partial charge in [-0.2, -0.15) is 0 Å². The highest BCUT2D eigenvalue weighted by atomic mass is 14.1. The van der Waals surface area contributed by atoms with Gasteiger partial charge in [0.2, 0.25) is 0 Å². The second kappa shape index (κ2) is 6.78. The van der Waals surface area contributed by atoms with Crippen molar-refractivity contribution >= 4 is 22.9 Å². The van der Waals surface area contributed by atoms with Crippen molar-refractivity contribution in [1.82, 2.24) is 0 Å². The highest BCUT2D eigenvalue weighted by Gasteiger charge is 2.09. The number of hydrogen-bond donors (Lipinski definition) is 0. The van der Waals surface area contributed by atoms with E-state index >= 15 is 0 Å². The highest BCUT2D eigenvalue weighted by molar-refractivity contribution is 6.01. The maximum absolute atomic E-state index is 2.31. The summed E-state index contributed by atoms with van der Waals surface area (Å²) in [6, 6.07) is 32.1. The van der Waals surface area contributed by atoms with Gasteiger partial charge in [-0.25, -0.2) is 0 Å². The van der Waals surface area contributed by atoms with E-state index in [1.54, 1.807) is 0 Å². The normalized spacial score (nSPS) is 11.2. The molecule has 0 atom stereocenters. The zero-order valence-electron chi connectivity index (χ0n) is 14.3. The quantitative estimate of drug-likeness (QED) is 0.357. The first-order valence-corrected chi connectivity index (χ1v) is 8.64. The molecule has 120 valence electrons. The molecule has 0 aliphatic heterocycles. The topological polar surface area (TPSA) is 0 Å². The number of rotatable bonds is 3. The Morgan fingerprint density at radius 2 is 1.20 bits per heavy atom. The van der Waals surface area contributed by atoms with Gasteiger partial charge in [0.1, 0.15) is 0 Å². The SMILES string of the molecule is Cc1cc(-c2ccccc2)c(/C=C/c2ccccc2)c2ccccc12. The standard InChI is InChI=1S/C25H20/c1-19-18-25(21-12-6-3-7-13-21)24(23-15-9-8-14-22(19)23)17-16-20-10-4-2-5-11-20/h2-18H,1H3/b17-16+. The van der Waals surface area contributed by atoms with Crippen LogP contribution in [-0.2, 0) is 0 Å². The maximum atomic E-state index is 2.31. The van der Waals surface area contributed by atoms with E-state index in [9.17, 15) is 0 Å². The Hall–Kier alpha value is -3.12. The highest BCUT2D eigenvalue weighted by Crippen LogP contribution is 2.34. The van der Waals surface area contributed by atoms with Gasteiger partial charge in [0.25, 0.3) is 0 Å². The van der Waals surface area contributed by atoms with Gasteiger partial charge >= 0.3 is 0 Å². The zero-order valence-corrected chi connectivity index (χ0v) is 14.3. The summed E-state index contributed by atoms with van der Waals surface area (Å²) in [7, 11) is 0. The van der Waals surface area contributed by atoms with Crippen molar-refractivity contribution in [3.8, 4) is 11.1 Å². The van der Waals surface area contributed by atoms with E-state index in [4.69, 9.17) is 0 Å². The molecule has 0 amide bonds. The molecule has 0 nitrogen and oxygen atoms in total. The van der Waals surface area contributed by atoms with Crippen molar-refractivity contribution < 1.29 is 0 Å². The van der Waals surface area contributed by atoms with Gasteiger partial charge in [-0.3, -0.25) is 0 Å². The fraction of sp³-hybridized carbons (Fsp3) is 0.0400. The van der Waals surface area contributed by atoms with Crippen LogP contribution in [0.5, 0.6) is 0 Å². The molecule has 0 saturated carbocycles. The predicted molar refractivity (Wildman–Crippen MR) is 109 cm³/mol. The van der Waals surface area contributed by atoms with Crippen LogP contribution in [0.25, 0.3) is 34.1 Å². The minimum absolute atomic E-state index is 1.21. The van der Waals surface area contributed by atoms with Crippen molar-refractivity contribution in [2.24, 2.45) is 0 Å². The first-order chi connectivity index (χ1) is 12.3. The molecule has 0 spiro atoms. The summed E-state index contributed by atoms with van der Waals surface area (Å²) in [6.07, 6.45) is 4.45. The molecule has 0 aliphatic carbocycles. The van der Waals surface area contributed by atoms with E-state index in [1.807, 2.05) is 6.07 Å². The molecule has 0 bridgehead atoms. The zero-order chi connectivity index (χ0) is 17.1. The van der Waals surface area contributed by atoms with Crippen molar-refractivity contribution in [3.63, 3.8) is 0 Å². The molecule has 0 N–H and O–H groups in total. The van der Waals surface area contributed by atoms with E-state index < -0.39 is 0 Å². The second-order valence-electron chi connectivity index (χ2n) is 6.31. The van der Waals surface area contributed by atoms with Gasteiger partial charge in [0, 0.05) is 0 Å².